The molecule has 176 valence electrons. The zero-order valence-corrected chi connectivity index (χ0v) is 20.1. The highest BCUT2D eigenvalue weighted by Gasteiger charge is 1.96. The van der Waals surface area contributed by atoms with Gasteiger partial charge in [-0.3, -0.25) is 4.79 Å². The van der Waals surface area contributed by atoms with E-state index in [1.54, 1.807) is 0 Å². The summed E-state index contributed by atoms with van der Waals surface area (Å²) in [6, 6.07) is 0. The average Bonchev–Trinajstić information content (AvgIpc) is 2.76. The summed E-state index contributed by atoms with van der Waals surface area (Å²) in [5.41, 5.74) is 0. The Morgan fingerprint density at radius 2 is 0.871 bits per heavy atom. The first-order valence-corrected chi connectivity index (χ1v) is 12.7. The molecule has 0 heterocycles. The molecule has 0 rings (SSSR count). The van der Waals surface area contributed by atoms with Gasteiger partial charge in [-0.05, 0) is 57.8 Å². The second-order valence-electron chi connectivity index (χ2n) is 8.20. The number of carboxylic acid groups (broad SMARTS) is 1. The number of aliphatic carboxylic acids is 1. The summed E-state index contributed by atoms with van der Waals surface area (Å²) in [6.45, 7) is 2.25. The van der Waals surface area contributed by atoms with Gasteiger partial charge >= 0.3 is 5.97 Å². The van der Waals surface area contributed by atoms with Crippen LogP contribution in [-0.4, -0.2) is 11.1 Å². The number of carboxylic acids is 1. The van der Waals surface area contributed by atoms with Crippen molar-refractivity contribution in [3.63, 3.8) is 0 Å². The van der Waals surface area contributed by atoms with Gasteiger partial charge in [0, 0.05) is 6.42 Å². The predicted molar refractivity (Wildman–Crippen MR) is 137 cm³/mol. The van der Waals surface area contributed by atoms with Crippen LogP contribution in [-0.2, 0) is 4.79 Å². The quantitative estimate of drug-likeness (QED) is 0.138. The molecule has 0 bridgehead atoms. The van der Waals surface area contributed by atoms with Gasteiger partial charge in [-0.25, -0.2) is 0 Å². The molecule has 0 saturated carbocycles. The average molecular weight is 429 g/mol. The van der Waals surface area contributed by atoms with Gasteiger partial charge in [0.1, 0.15) is 0 Å². The van der Waals surface area contributed by atoms with Gasteiger partial charge in [-0.1, -0.05) is 113 Å². The largest absolute Gasteiger partial charge is 0.481 e. The minimum absolute atomic E-state index is 0.324. The van der Waals surface area contributed by atoms with E-state index in [2.05, 4.69) is 67.7 Å². The fraction of sp³-hybridized carbons (Fsp3) is 0.621. The zero-order chi connectivity index (χ0) is 22.7. The van der Waals surface area contributed by atoms with Crippen LogP contribution in [0.5, 0.6) is 0 Å². The molecule has 0 unspecified atom stereocenters. The third-order valence-corrected chi connectivity index (χ3v) is 5.16. The van der Waals surface area contributed by atoms with Crippen molar-refractivity contribution in [2.75, 3.05) is 0 Å². The van der Waals surface area contributed by atoms with Crippen molar-refractivity contribution in [3.8, 4) is 0 Å². The van der Waals surface area contributed by atoms with Crippen LogP contribution in [0.3, 0.4) is 0 Å². The van der Waals surface area contributed by atoms with Crippen LogP contribution in [0, 0.1) is 0 Å². The molecular formula is C29H48O2. The topological polar surface area (TPSA) is 37.3 Å². The normalized spacial score (nSPS) is 12.5. The van der Waals surface area contributed by atoms with Gasteiger partial charge in [-0.2, -0.15) is 0 Å². The van der Waals surface area contributed by atoms with Gasteiger partial charge in [0.05, 0.1) is 0 Å². The lowest BCUT2D eigenvalue weighted by molar-refractivity contribution is -0.137. The first kappa shape index (κ1) is 29.2. The Kier molecular flexibility index (Phi) is 24.7. The molecule has 0 radical (unpaired) electrons. The summed E-state index contributed by atoms with van der Waals surface area (Å²) in [6.07, 6.45) is 41.6. The maximum absolute atomic E-state index is 10.4. The Hall–Kier alpha value is -1.83. The fourth-order valence-electron chi connectivity index (χ4n) is 3.25. The third-order valence-electron chi connectivity index (χ3n) is 5.16. The summed E-state index contributed by atoms with van der Waals surface area (Å²) < 4.78 is 0. The second-order valence-corrected chi connectivity index (χ2v) is 8.20. The van der Waals surface area contributed by atoms with Crippen molar-refractivity contribution < 1.29 is 9.90 Å². The monoisotopic (exact) mass is 428 g/mol. The summed E-state index contributed by atoms with van der Waals surface area (Å²) in [4.78, 5) is 10.4. The van der Waals surface area contributed by atoms with Crippen LogP contribution in [0.15, 0.2) is 60.8 Å². The Balaban J connectivity index is 3.37. The minimum atomic E-state index is -0.669. The molecule has 31 heavy (non-hydrogen) atoms. The molecular weight excluding hydrogens is 380 g/mol. The zero-order valence-electron chi connectivity index (χ0n) is 20.1. The van der Waals surface area contributed by atoms with E-state index in [4.69, 9.17) is 5.11 Å². The van der Waals surface area contributed by atoms with E-state index < -0.39 is 5.97 Å². The molecule has 0 amide bonds. The standard InChI is InChI=1S/C29H48O2/c1-2-3-4-5-6-7-8-9-10-11-12-13-14-15-16-17-18-19-20-21-22-23-24-25-26-27-28-29(30)31/h6-7,9-10,12-13,15-16,18-19H,2-5,8,11,14,17,20-28H2,1H3,(H,30,31)/b7-6-,10-9-,13-12-,16-15-,19-18-. The molecule has 0 aliphatic heterocycles. The SMILES string of the molecule is CCCCC/C=C\C/C=C\C/C=C\C/C=C\C/C=C\CCCCCCCCCC(=O)O. The number of carbonyl (C=O) groups is 1. The molecule has 2 heteroatoms. The van der Waals surface area contributed by atoms with Crippen molar-refractivity contribution >= 4 is 5.97 Å². The van der Waals surface area contributed by atoms with Crippen molar-refractivity contribution in [2.45, 2.75) is 116 Å². The van der Waals surface area contributed by atoms with Crippen LogP contribution < -0.4 is 0 Å². The first-order valence-electron chi connectivity index (χ1n) is 12.7. The summed E-state index contributed by atoms with van der Waals surface area (Å²) in [5.74, 6) is -0.669. The number of unbranched alkanes of at least 4 members (excludes halogenated alkanes) is 10. The number of hydrogen-bond acceptors (Lipinski definition) is 1. The predicted octanol–water partition coefficient (Wildman–Crippen LogP) is 9.50. The van der Waals surface area contributed by atoms with Crippen LogP contribution in [0.25, 0.3) is 0 Å². The Morgan fingerprint density at radius 1 is 0.516 bits per heavy atom. The van der Waals surface area contributed by atoms with Gasteiger partial charge in [0.25, 0.3) is 0 Å². The van der Waals surface area contributed by atoms with Crippen molar-refractivity contribution in [1.29, 1.82) is 0 Å². The van der Waals surface area contributed by atoms with Gasteiger partial charge in [0.15, 0.2) is 0 Å². The van der Waals surface area contributed by atoms with Crippen LogP contribution >= 0.6 is 0 Å². The lowest BCUT2D eigenvalue weighted by atomic mass is 10.1. The van der Waals surface area contributed by atoms with Gasteiger partial charge in [0.2, 0.25) is 0 Å². The van der Waals surface area contributed by atoms with Crippen LogP contribution in [0.2, 0.25) is 0 Å². The van der Waals surface area contributed by atoms with Gasteiger partial charge in [-0.15, -0.1) is 0 Å². The Morgan fingerprint density at radius 3 is 1.29 bits per heavy atom. The number of allylic oxidation sites excluding steroid dienone is 10. The molecule has 0 spiro atoms. The summed E-state index contributed by atoms with van der Waals surface area (Å²) >= 11 is 0. The highest BCUT2D eigenvalue weighted by molar-refractivity contribution is 5.66. The maximum atomic E-state index is 10.4. The Bertz CT molecular complexity index is 523. The smallest absolute Gasteiger partial charge is 0.303 e. The molecule has 0 aliphatic carbocycles. The lowest BCUT2D eigenvalue weighted by Gasteiger charge is -2.00. The van der Waals surface area contributed by atoms with Crippen LogP contribution in [0.1, 0.15) is 116 Å². The van der Waals surface area contributed by atoms with Crippen molar-refractivity contribution in [2.24, 2.45) is 0 Å². The molecule has 0 saturated heterocycles. The molecule has 0 aromatic carbocycles. The Labute approximate surface area is 192 Å². The van der Waals surface area contributed by atoms with E-state index in [1.807, 2.05) is 0 Å². The third kappa shape index (κ3) is 28.2. The minimum Gasteiger partial charge on any atom is -0.481 e. The fourth-order valence-corrected chi connectivity index (χ4v) is 3.25. The van der Waals surface area contributed by atoms with E-state index >= 15 is 0 Å². The summed E-state index contributed by atoms with van der Waals surface area (Å²) in [5, 5.41) is 8.58. The lowest BCUT2D eigenvalue weighted by Crippen LogP contribution is -1.93. The molecule has 0 atom stereocenters. The maximum Gasteiger partial charge on any atom is 0.303 e. The number of rotatable bonds is 22. The van der Waals surface area contributed by atoms with E-state index in [-0.39, 0.29) is 0 Å². The molecule has 0 fully saturated rings. The van der Waals surface area contributed by atoms with Crippen LogP contribution in [0.4, 0.5) is 0 Å². The highest BCUT2D eigenvalue weighted by Crippen LogP contribution is 2.10. The molecule has 0 aliphatic rings. The van der Waals surface area contributed by atoms with Crippen molar-refractivity contribution in [3.05, 3.63) is 60.8 Å². The van der Waals surface area contributed by atoms with E-state index in [0.29, 0.717) is 6.42 Å². The molecule has 1 N–H and O–H groups in total. The first-order chi connectivity index (χ1) is 15.3. The second kappa shape index (κ2) is 26.2. The highest BCUT2D eigenvalue weighted by atomic mass is 16.4. The molecule has 0 aromatic heterocycles. The van der Waals surface area contributed by atoms with E-state index in [0.717, 1.165) is 38.5 Å². The van der Waals surface area contributed by atoms with Gasteiger partial charge < -0.3 is 5.11 Å². The molecule has 2 nitrogen and oxygen atoms in total. The van der Waals surface area contributed by atoms with E-state index in [1.165, 1.54) is 64.2 Å². The van der Waals surface area contributed by atoms with E-state index in [9.17, 15) is 4.79 Å². The van der Waals surface area contributed by atoms with Crippen molar-refractivity contribution in [1.82, 2.24) is 0 Å². The summed E-state index contributed by atoms with van der Waals surface area (Å²) in [7, 11) is 0. The molecule has 0 aromatic rings. The number of hydrogen-bond donors (Lipinski definition) is 1.